The van der Waals surface area contributed by atoms with Gasteiger partial charge in [0, 0.05) is 15.7 Å². The molecule has 1 rings (SSSR count). The number of rotatable bonds is 6. The summed E-state index contributed by atoms with van der Waals surface area (Å²) >= 11 is 13.4. The van der Waals surface area contributed by atoms with E-state index in [1.54, 1.807) is 18.2 Å². The van der Waals surface area contributed by atoms with Gasteiger partial charge in [0.25, 0.3) is 0 Å². The first-order chi connectivity index (χ1) is 8.58. The first-order valence-electron chi connectivity index (χ1n) is 5.47. The van der Waals surface area contributed by atoms with E-state index < -0.39 is 0 Å². The van der Waals surface area contributed by atoms with Crippen molar-refractivity contribution in [2.75, 3.05) is 19.4 Å². The average Bonchev–Trinajstić information content (AvgIpc) is 2.37. The number of methoxy groups -OCH3 is 1. The Labute approximate surface area is 121 Å². The minimum absolute atomic E-state index is 0.275. The normalized spacial score (nSPS) is 12.2. The van der Waals surface area contributed by atoms with Crippen molar-refractivity contribution >= 4 is 40.9 Å². The molecule has 0 aliphatic heterocycles. The van der Waals surface area contributed by atoms with Crippen molar-refractivity contribution < 1.29 is 9.53 Å². The van der Waals surface area contributed by atoms with E-state index in [4.69, 9.17) is 27.9 Å². The smallest absolute Gasteiger partial charge is 0.323 e. The summed E-state index contributed by atoms with van der Waals surface area (Å²) in [6.45, 7) is 2.64. The van der Waals surface area contributed by atoms with Gasteiger partial charge in [0.2, 0.25) is 0 Å². The maximum absolute atomic E-state index is 11.5. The number of thioether (sulfide) groups is 1. The van der Waals surface area contributed by atoms with Crippen LogP contribution in [0, 0.1) is 0 Å². The van der Waals surface area contributed by atoms with E-state index in [9.17, 15) is 4.79 Å². The Morgan fingerprint density at radius 1 is 1.50 bits per heavy atom. The van der Waals surface area contributed by atoms with Crippen LogP contribution in [-0.2, 0) is 9.53 Å². The third-order valence-corrected chi connectivity index (χ3v) is 4.06. The third-order valence-electron chi connectivity index (χ3n) is 2.23. The molecule has 1 atom stereocenters. The lowest BCUT2D eigenvalue weighted by atomic mass is 10.3. The van der Waals surface area contributed by atoms with E-state index in [0.717, 1.165) is 4.90 Å². The molecule has 0 amide bonds. The van der Waals surface area contributed by atoms with Crippen molar-refractivity contribution in [2.24, 2.45) is 0 Å². The molecular formula is C12H15Cl2NO2S. The molecule has 0 saturated heterocycles. The standard InChI is InChI=1S/C12H15Cl2NO2S/c1-3-15-10(12(16)17-2)7-18-11-6-8(13)4-5-9(11)14/h4-6,10,15H,3,7H2,1-2H3. The quantitative estimate of drug-likeness (QED) is 0.647. The summed E-state index contributed by atoms with van der Waals surface area (Å²) in [6, 6.07) is 4.91. The number of nitrogens with one attached hydrogen (secondary N) is 1. The molecule has 1 unspecified atom stereocenters. The van der Waals surface area contributed by atoms with Crippen LogP contribution in [0.25, 0.3) is 0 Å². The molecule has 18 heavy (non-hydrogen) atoms. The molecule has 0 aliphatic carbocycles. The maximum Gasteiger partial charge on any atom is 0.323 e. The van der Waals surface area contributed by atoms with Gasteiger partial charge in [0.1, 0.15) is 6.04 Å². The zero-order chi connectivity index (χ0) is 13.5. The van der Waals surface area contributed by atoms with Gasteiger partial charge < -0.3 is 10.1 Å². The first-order valence-corrected chi connectivity index (χ1v) is 7.21. The Balaban J connectivity index is 2.66. The van der Waals surface area contributed by atoms with E-state index in [-0.39, 0.29) is 12.0 Å². The number of likely N-dealkylation sites (N-methyl/N-ethyl adjacent to an activating group) is 1. The molecule has 1 aromatic carbocycles. The lowest BCUT2D eigenvalue weighted by molar-refractivity contribution is -0.142. The third kappa shape index (κ3) is 4.69. The number of benzene rings is 1. The Bertz CT molecular complexity index is 415. The summed E-state index contributed by atoms with van der Waals surface area (Å²) in [5.41, 5.74) is 0. The van der Waals surface area contributed by atoms with Gasteiger partial charge in [-0.3, -0.25) is 4.79 Å². The fourth-order valence-electron chi connectivity index (χ4n) is 1.36. The molecule has 0 bridgehead atoms. The SMILES string of the molecule is CCNC(CSc1cc(Cl)ccc1Cl)C(=O)OC. The minimum atomic E-state index is -0.347. The lowest BCUT2D eigenvalue weighted by Gasteiger charge is -2.15. The van der Waals surface area contributed by atoms with E-state index >= 15 is 0 Å². The molecule has 0 saturated carbocycles. The predicted octanol–water partition coefficient (Wildman–Crippen LogP) is 3.24. The Hall–Kier alpha value is -0.420. The van der Waals surface area contributed by atoms with Crippen LogP contribution in [0.4, 0.5) is 0 Å². The summed E-state index contributed by atoms with van der Waals surface area (Å²) in [5, 5.41) is 4.32. The Morgan fingerprint density at radius 2 is 2.22 bits per heavy atom. The Morgan fingerprint density at radius 3 is 2.83 bits per heavy atom. The molecule has 0 aromatic heterocycles. The van der Waals surface area contributed by atoms with Crippen LogP contribution in [0.15, 0.2) is 23.1 Å². The largest absolute Gasteiger partial charge is 0.468 e. The van der Waals surface area contributed by atoms with E-state index in [1.807, 2.05) is 6.92 Å². The molecular weight excluding hydrogens is 293 g/mol. The van der Waals surface area contributed by atoms with Gasteiger partial charge in [-0.15, -0.1) is 11.8 Å². The molecule has 3 nitrogen and oxygen atoms in total. The Kier molecular flexibility index (Phi) is 6.86. The highest BCUT2D eigenvalue weighted by atomic mass is 35.5. The second-order valence-electron chi connectivity index (χ2n) is 3.52. The second-order valence-corrected chi connectivity index (χ2v) is 5.42. The highest BCUT2D eigenvalue weighted by Gasteiger charge is 2.18. The van der Waals surface area contributed by atoms with Crippen LogP contribution < -0.4 is 5.32 Å². The van der Waals surface area contributed by atoms with E-state index in [1.165, 1.54) is 18.9 Å². The fourth-order valence-corrected chi connectivity index (χ4v) is 2.89. The summed E-state index contributed by atoms with van der Waals surface area (Å²) in [7, 11) is 1.38. The van der Waals surface area contributed by atoms with Crippen molar-refractivity contribution in [2.45, 2.75) is 17.9 Å². The zero-order valence-corrected chi connectivity index (χ0v) is 12.5. The molecule has 100 valence electrons. The van der Waals surface area contributed by atoms with Crippen molar-refractivity contribution in [1.82, 2.24) is 5.32 Å². The zero-order valence-electron chi connectivity index (χ0n) is 10.2. The van der Waals surface area contributed by atoms with Crippen LogP contribution in [0.5, 0.6) is 0 Å². The number of carbonyl (C=O) groups is 1. The number of carbonyl (C=O) groups excluding carboxylic acids is 1. The molecule has 6 heteroatoms. The van der Waals surface area contributed by atoms with Crippen molar-refractivity contribution in [3.8, 4) is 0 Å². The minimum Gasteiger partial charge on any atom is -0.468 e. The van der Waals surface area contributed by atoms with Gasteiger partial charge in [-0.05, 0) is 24.7 Å². The van der Waals surface area contributed by atoms with Crippen LogP contribution >= 0.6 is 35.0 Å². The van der Waals surface area contributed by atoms with Gasteiger partial charge in [0.15, 0.2) is 0 Å². The molecule has 0 fully saturated rings. The van der Waals surface area contributed by atoms with Crippen molar-refractivity contribution in [3.05, 3.63) is 28.2 Å². The first kappa shape index (κ1) is 15.6. The van der Waals surface area contributed by atoms with Gasteiger partial charge >= 0.3 is 5.97 Å². The van der Waals surface area contributed by atoms with Gasteiger partial charge in [0.05, 0.1) is 12.1 Å². The van der Waals surface area contributed by atoms with Gasteiger partial charge in [-0.2, -0.15) is 0 Å². The predicted molar refractivity (Wildman–Crippen MR) is 76.7 cm³/mol. The molecule has 1 N–H and O–H groups in total. The van der Waals surface area contributed by atoms with Gasteiger partial charge in [-0.1, -0.05) is 30.1 Å². The van der Waals surface area contributed by atoms with Crippen molar-refractivity contribution in [3.63, 3.8) is 0 Å². The van der Waals surface area contributed by atoms with Crippen molar-refractivity contribution in [1.29, 1.82) is 0 Å². The lowest BCUT2D eigenvalue weighted by Crippen LogP contribution is -2.39. The molecule has 0 radical (unpaired) electrons. The van der Waals surface area contributed by atoms with E-state index in [2.05, 4.69) is 5.32 Å². The number of ether oxygens (including phenoxy) is 1. The second kappa shape index (κ2) is 7.89. The molecule has 1 aromatic rings. The summed E-state index contributed by atoms with van der Waals surface area (Å²) in [5.74, 6) is 0.267. The number of hydrogen-bond acceptors (Lipinski definition) is 4. The highest BCUT2D eigenvalue weighted by Crippen LogP contribution is 2.30. The van der Waals surface area contributed by atoms with Gasteiger partial charge in [-0.25, -0.2) is 0 Å². The maximum atomic E-state index is 11.5. The average molecular weight is 308 g/mol. The van der Waals surface area contributed by atoms with E-state index in [0.29, 0.717) is 22.3 Å². The topological polar surface area (TPSA) is 38.3 Å². The number of hydrogen-bond donors (Lipinski definition) is 1. The fraction of sp³-hybridized carbons (Fsp3) is 0.417. The highest BCUT2D eigenvalue weighted by molar-refractivity contribution is 7.99. The molecule has 0 spiro atoms. The van der Waals surface area contributed by atoms with Crippen LogP contribution in [0.1, 0.15) is 6.92 Å². The van der Waals surface area contributed by atoms with Crippen LogP contribution in [0.3, 0.4) is 0 Å². The number of halogens is 2. The summed E-state index contributed by atoms with van der Waals surface area (Å²) in [6.07, 6.45) is 0. The summed E-state index contributed by atoms with van der Waals surface area (Å²) in [4.78, 5) is 12.4. The van der Waals surface area contributed by atoms with Crippen LogP contribution in [0.2, 0.25) is 10.0 Å². The van der Waals surface area contributed by atoms with Crippen LogP contribution in [-0.4, -0.2) is 31.4 Å². The summed E-state index contributed by atoms with van der Waals surface area (Å²) < 4.78 is 4.73. The molecule has 0 aliphatic rings. The molecule has 0 heterocycles. The monoisotopic (exact) mass is 307 g/mol. The number of esters is 1.